The third-order valence-electron chi connectivity index (χ3n) is 4.79. The van der Waals surface area contributed by atoms with E-state index in [1.54, 1.807) is 7.11 Å². The van der Waals surface area contributed by atoms with Gasteiger partial charge in [-0.2, -0.15) is 0 Å². The van der Waals surface area contributed by atoms with Crippen LogP contribution in [0.15, 0.2) is 24.3 Å². The van der Waals surface area contributed by atoms with Crippen LogP contribution in [-0.2, 0) is 4.79 Å². The van der Waals surface area contributed by atoms with Gasteiger partial charge in [0.1, 0.15) is 5.75 Å². The molecule has 0 radical (unpaired) electrons. The molecule has 1 amide bonds. The molecule has 1 aromatic carbocycles. The Morgan fingerprint density at radius 2 is 1.88 bits per heavy atom. The second-order valence-corrected chi connectivity index (χ2v) is 6.63. The molecule has 1 aliphatic rings. The highest BCUT2D eigenvalue weighted by Crippen LogP contribution is 2.29. The number of para-hydroxylation sites is 1. The maximum atomic E-state index is 12.0. The predicted octanol–water partition coefficient (Wildman–Crippen LogP) is 2.15. The van der Waals surface area contributed by atoms with Crippen LogP contribution in [0, 0.1) is 5.92 Å². The third-order valence-corrected chi connectivity index (χ3v) is 4.79. The number of likely N-dealkylation sites (N-methyl/N-ethyl adjacent to an activating group) is 1. The van der Waals surface area contributed by atoms with Crippen molar-refractivity contribution in [2.24, 2.45) is 5.92 Å². The molecule has 5 heteroatoms. The first-order valence-corrected chi connectivity index (χ1v) is 8.93. The van der Waals surface area contributed by atoms with Gasteiger partial charge in [-0.25, -0.2) is 0 Å². The number of carbonyl (C=O) groups excluding carboxylic acids is 1. The summed E-state index contributed by atoms with van der Waals surface area (Å²) in [5.74, 6) is 0.988. The Balaban J connectivity index is 2.16. The van der Waals surface area contributed by atoms with Crippen molar-refractivity contribution in [1.82, 2.24) is 15.1 Å². The van der Waals surface area contributed by atoms with Gasteiger partial charge in [-0.05, 0) is 12.6 Å². The van der Waals surface area contributed by atoms with E-state index in [1.807, 2.05) is 32.0 Å². The van der Waals surface area contributed by atoms with Gasteiger partial charge in [-0.1, -0.05) is 39.0 Å². The van der Waals surface area contributed by atoms with Crippen LogP contribution < -0.4 is 10.1 Å². The quantitative estimate of drug-likeness (QED) is 0.830. The van der Waals surface area contributed by atoms with E-state index >= 15 is 0 Å². The molecule has 134 valence electrons. The molecule has 24 heavy (non-hydrogen) atoms. The van der Waals surface area contributed by atoms with E-state index in [2.05, 4.69) is 28.1 Å². The molecular formula is C19H31N3O2. The molecule has 1 atom stereocenters. The molecule has 0 bridgehead atoms. The zero-order valence-corrected chi connectivity index (χ0v) is 15.4. The fourth-order valence-corrected chi connectivity index (χ4v) is 3.17. The molecule has 0 aliphatic carbocycles. The molecule has 0 aromatic heterocycles. The lowest BCUT2D eigenvalue weighted by Crippen LogP contribution is -2.49. The maximum absolute atomic E-state index is 12.0. The van der Waals surface area contributed by atoms with Gasteiger partial charge in [-0.3, -0.25) is 9.69 Å². The molecular weight excluding hydrogens is 302 g/mol. The molecule has 2 rings (SSSR count). The monoisotopic (exact) mass is 333 g/mol. The van der Waals surface area contributed by atoms with Crippen LogP contribution in [0.5, 0.6) is 5.75 Å². The van der Waals surface area contributed by atoms with Crippen molar-refractivity contribution in [2.75, 3.05) is 46.4 Å². The van der Waals surface area contributed by atoms with Crippen LogP contribution in [0.1, 0.15) is 32.4 Å². The number of ether oxygens (including phenoxy) is 1. The second-order valence-electron chi connectivity index (χ2n) is 6.63. The first-order valence-electron chi connectivity index (χ1n) is 8.93. The number of hydrogen-bond acceptors (Lipinski definition) is 4. The maximum Gasteiger partial charge on any atom is 0.222 e. The summed E-state index contributed by atoms with van der Waals surface area (Å²) in [5.41, 5.74) is 1.15. The minimum atomic E-state index is 0.000239. The van der Waals surface area contributed by atoms with Crippen molar-refractivity contribution in [2.45, 2.75) is 26.8 Å². The summed E-state index contributed by atoms with van der Waals surface area (Å²) in [4.78, 5) is 17.0. The summed E-state index contributed by atoms with van der Waals surface area (Å²) in [7, 11) is 1.71. The fraction of sp³-hybridized carbons (Fsp3) is 0.632. The Bertz CT molecular complexity index is 525. The van der Waals surface area contributed by atoms with Crippen LogP contribution in [0.25, 0.3) is 0 Å². The largest absolute Gasteiger partial charge is 0.496 e. The van der Waals surface area contributed by atoms with E-state index < -0.39 is 0 Å². The Morgan fingerprint density at radius 3 is 2.46 bits per heavy atom. The van der Waals surface area contributed by atoms with Crippen LogP contribution >= 0.6 is 0 Å². The van der Waals surface area contributed by atoms with Gasteiger partial charge < -0.3 is 15.0 Å². The average molecular weight is 333 g/mol. The molecule has 1 aliphatic heterocycles. The van der Waals surface area contributed by atoms with Crippen molar-refractivity contribution in [3.05, 3.63) is 29.8 Å². The lowest BCUT2D eigenvalue weighted by molar-refractivity contribution is -0.124. The van der Waals surface area contributed by atoms with Crippen LogP contribution in [0.3, 0.4) is 0 Å². The minimum Gasteiger partial charge on any atom is -0.496 e. The van der Waals surface area contributed by atoms with Gasteiger partial charge in [0, 0.05) is 44.2 Å². The number of benzene rings is 1. The topological polar surface area (TPSA) is 44.8 Å². The van der Waals surface area contributed by atoms with Gasteiger partial charge in [0.2, 0.25) is 5.91 Å². The molecule has 1 aromatic rings. The number of piperazine rings is 1. The summed E-state index contributed by atoms with van der Waals surface area (Å²) >= 11 is 0. The highest BCUT2D eigenvalue weighted by atomic mass is 16.5. The molecule has 5 nitrogen and oxygen atoms in total. The molecule has 1 heterocycles. The van der Waals surface area contributed by atoms with Gasteiger partial charge in [-0.15, -0.1) is 0 Å². The zero-order chi connectivity index (χ0) is 17.5. The summed E-state index contributed by atoms with van der Waals surface area (Å²) in [5, 5.41) is 3.10. The Kier molecular flexibility index (Phi) is 7.06. The van der Waals surface area contributed by atoms with E-state index in [4.69, 9.17) is 4.74 Å². The third kappa shape index (κ3) is 4.71. The summed E-state index contributed by atoms with van der Waals surface area (Å²) in [6.45, 7) is 11.9. The molecule has 1 fully saturated rings. The smallest absolute Gasteiger partial charge is 0.222 e. The fourth-order valence-electron chi connectivity index (χ4n) is 3.17. The first-order chi connectivity index (χ1) is 11.6. The number of hydrogen-bond donors (Lipinski definition) is 1. The molecule has 1 unspecified atom stereocenters. The van der Waals surface area contributed by atoms with Crippen molar-refractivity contribution in [3.8, 4) is 5.75 Å². The first kappa shape index (κ1) is 18.7. The number of carbonyl (C=O) groups is 1. The lowest BCUT2D eigenvalue weighted by Gasteiger charge is -2.39. The van der Waals surface area contributed by atoms with E-state index in [0.29, 0.717) is 6.54 Å². The zero-order valence-electron chi connectivity index (χ0n) is 15.4. The van der Waals surface area contributed by atoms with E-state index in [-0.39, 0.29) is 17.9 Å². The van der Waals surface area contributed by atoms with Crippen molar-refractivity contribution in [1.29, 1.82) is 0 Å². The summed E-state index contributed by atoms with van der Waals surface area (Å²) < 4.78 is 5.56. The van der Waals surface area contributed by atoms with E-state index in [9.17, 15) is 4.79 Å². The number of rotatable bonds is 7. The SMILES string of the molecule is CCN1CCN(C(CNC(=O)C(C)C)c2ccccc2OC)CC1. The number of nitrogens with zero attached hydrogens (tertiary/aromatic N) is 2. The van der Waals surface area contributed by atoms with Crippen LogP contribution in [-0.4, -0.2) is 62.1 Å². The van der Waals surface area contributed by atoms with Crippen LogP contribution in [0.2, 0.25) is 0 Å². The normalized spacial score (nSPS) is 17.7. The molecule has 0 spiro atoms. The molecule has 1 N–H and O–H groups in total. The Morgan fingerprint density at radius 1 is 1.21 bits per heavy atom. The van der Waals surface area contributed by atoms with Gasteiger partial charge >= 0.3 is 0 Å². The Hall–Kier alpha value is -1.59. The van der Waals surface area contributed by atoms with Crippen molar-refractivity contribution in [3.63, 3.8) is 0 Å². The summed E-state index contributed by atoms with van der Waals surface area (Å²) in [6.07, 6.45) is 0. The van der Waals surface area contributed by atoms with E-state index in [0.717, 1.165) is 44.0 Å². The van der Waals surface area contributed by atoms with Gasteiger partial charge in [0.15, 0.2) is 0 Å². The minimum absolute atomic E-state index is 0.000239. The molecule has 0 saturated carbocycles. The van der Waals surface area contributed by atoms with Crippen LogP contribution in [0.4, 0.5) is 0 Å². The number of methoxy groups -OCH3 is 1. The Labute approximate surface area is 146 Å². The highest BCUT2D eigenvalue weighted by molar-refractivity contribution is 5.77. The van der Waals surface area contributed by atoms with Gasteiger partial charge in [0.05, 0.1) is 13.2 Å². The highest BCUT2D eigenvalue weighted by Gasteiger charge is 2.27. The standard InChI is InChI=1S/C19H31N3O2/c1-5-21-10-12-22(13-11-21)17(14-20-19(23)15(2)3)16-8-6-7-9-18(16)24-4/h6-9,15,17H,5,10-14H2,1-4H3,(H,20,23). The van der Waals surface area contributed by atoms with Crippen molar-refractivity contribution < 1.29 is 9.53 Å². The van der Waals surface area contributed by atoms with E-state index in [1.165, 1.54) is 0 Å². The number of nitrogens with one attached hydrogen (secondary N) is 1. The molecule has 1 saturated heterocycles. The van der Waals surface area contributed by atoms with Crippen molar-refractivity contribution >= 4 is 5.91 Å². The van der Waals surface area contributed by atoms with Gasteiger partial charge in [0.25, 0.3) is 0 Å². The predicted molar refractivity (Wildman–Crippen MR) is 97.3 cm³/mol. The average Bonchev–Trinajstić information content (AvgIpc) is 2.62. The lowest BCUT2D eigenvalue weighted by atomic mass is 10.0. The second kappa shape index (κ2) is 9.04. The summed E-state index contributed by atoms with van der Waals surface area (Å²) in [6, 6.07) is 8.27. The number of amides is 1.